The van der Waals surface area contributed by atoms with Crippen LogP contribution in [-0.2, 0) is 6.42 Å². The zero-order valence-corrected chi connectivity index (χ0v) is 17.9. The fourth-order valence-corrected chi connectivity index (χ4v) is 4.85. The lowest BCUT2D eigenvalue weighted by atomic mass is 9.96. The van der Waals surface area contributed by atoms with Gasteiger partial charge < -0.3 is 25.8 Å². The maximum absolute atomic E-state index is 10.7. The summed E-state index contributed by atoms with van der Waals surface area (Å²) < 4.78 is 2.14. The Labute approximate surface area is 186 Å². The zero-order valence-electron chi connectivity index (χ0n) is 17.9. The Morgan fingerprint density at radius 2 is 2.00 bits per heavy atom. The molecule has 0 radical (unpaired) electrons. The van der Waals surface area contributed by atoms with Crippen molar-refractivity contribution in [1.82, 2.24) is 19.5 Å². The minimum atomic E-state index is -0.329. The third-order valence-electron chi connectivity index (χ3n) is 6.54. The first-order chi connectivity index (χ1) is 15.6. The number of hydrogen-bond acceptors (Lipinski definition) is 7. The highest BCUT2D eigenvalue weighted by molar-refractivity contribution is 5.86. The summed E-state index contributed by atoms with van der Waals surface area (Å²) in [6.07, 6.45) is 6.61. The Bertz CT molecular complexity index is 1240. The Kier molecular flexibility index (Phi) is 5.63. The highest BCUT2D eigenvalue weighted by Gasteiger charge is 2.34. The molecule has 166 valence electrons. The van der Waals surface area contributed by atoms with Gasteiger partial charge >= 0.3 is 0 Å². The molecule has 5 N–H and O–H groups in total. The van der Waals surface area contributed by atoms with Gasteiger partial charge in [-0.2, -0.15) is 0 Å². The van der Waals surface area contributed by atoms with E-state index in [0.29, 0.717) is 12.4 Å². The SMILES string of the molecule is Nc1ncnc2c1ccn2[C@@H]1C[C@H](CCc2ccc3ccc(NCCO)nc3c2)[C@@H](O)C1. The first kappa shape index (κ1) is 20.7. The van der Waals surface area contributed by atoms with Gasteiger partial charge in [0.2, 0.25) is 0 Å². The maximum Gasteiger partial charge on any atom is 0.145 e. The van der Waals surface area contributed by atoms with Crippen molar-refractivity contribution in [2.45, 2.75) is 37.8 Å². The maximum atomic E-state index is 10.7. The second kappa shape index (κ2) is 8.72. The smallest absolute Gasteiger partial charge is 0.145 e. The predicted molar refractivity (Wildman–Crippen MR) is 125 cm³/mol. The molecule has 32 heavy (non-hydrogen) atoms. The van der Waals surface area contributed by atoms with Crippen LogP contribution in [0.15, 0.2) is 48.9 Å². The Balaban J connectivity index is 1.27. The topological polar surface area (TPSA) is 122 Å². The van der Waals surface area contributed by atoms with Gasteiger partial charge in [-0.1, -0.05) is 12.1 Å². The molecule has 4 aromatic rings. The normalized spacial score (nSPS) is 20.9. The van der Waals surface area contributed by atoms with Crippen molar-refractivity contribution < 1.29 is 10.2 Å². The third-order valence-corrected chi connectivity index (χ3v) is 6.54. The summed E-state index contributed by atoms with van der Waals surface area (Å²) in [4.78, 5) is 13.1. The van der Waals surface area contributed by atoms with Gasteiger partial charge in [0.25, 0.3) is 0 Å². The molecule has 0 aliphatic heterocycles. The Hall–Kier alpha value is -3.23. The van der Waals surface area contributed by atoms with Crippen LogP contribution in [0.5, 0.6) is 0 Å². The molecule has 0 bridgehead atoms. The van der Waals surface area contributed by atoms with Crippen molar-refractivity contribution >= 4 is 33.6 Å². The number of aromatic nitrogens is 4. The number of nitrogen functional groups attached to an aromatic ring is 1. The Morgan fingerprint density at radius 1 is 1.12 bits per heavy atom. The molecule has 3 atom stereocenters. The predicted octanol–water partition coefficient (Wildman–Crippen LogP) is 2.91. The summed E-state index contributed by atoms with van der Waals surface area (Å²) >= 11 is 0. The van der Waals surface area contributed by atoms with Crippen molar-refractivity contribution in [1.29, 1.82) is 0 Å². The molecule has 0 amide bonds. The average Bonchev–Trinajstić information content (AvgIpc) is 3.40. The number of aliphatic hydroxyl groups is 2. The van der Waals surface area contributed by atoms with Gasteiger partial charge in [0.05, 0.1) is 23.6 Å². The molecule has 0 unspecified atom stereocenters. The van der Waals surface area contributed by atoms with E-state index >= 15 is 0 Å². The number of hydrogen-bond donors (Lipinski definition) is 4. The number of benzene rings is 1. The summed E-state index contributed by atoms with van der Waals surface area (Å²) in [6.45, 7) is 0.553. The summed E-state index contributed by atoms with van der Waals surface area (Å²) in [5, 5.41) is 24.8. The summed E-state index contributed by atoms with van der Waals surface area (Å²) in [5.74, 6) is 1.49. The van der Waals surface area contributed by atoms with Crippen molar-refractivity contribution in [2.24, 2.45) is 5.92 Å². The molecular weight excluding hydrogens is 404 g/mol. The van der Waals surface area contributed by atoms with E-state index in [2.05, 4.69) is 43.0 Å². The van der Waals surface area contributed by atoms with Crippen LogP contribution in [0.3, 0.4) is 0 Å². The number of nitrogens with one attached hydrogen (secondary N) is 1. The molecule has 1 aliphatic carbocycles. The summed E-state index contributed by atoms with van der Waals surface area (Å²) in [5.41, 5.74) is 8.96. The van der Waals surface area contributed by atoms with Crippen molar-refractivity contribution in [2.75, 3.05) is 24.2 Å². The zero-order chi connectivity index (χ0) is 22.1. The van der Waals surface area contributed by atoms with Crippen LogP contribution in [0, 0.1) is 5.92 Å². The van der Waals surface area contributed by atoms with Crippen LogP contribution in [0.1, 0.15) is 30.9 Å². The molecule has 3 heterocycles. The van der Waals surface area contributed by atoms with E-state index in [4.69, 9.17) is 10.8 Å². The second-order valence-electron chi connectivity index (χ2n) is 8.58. The van der Waals surface area contributed by atoms with Gasteiger partial charge in [-0.25, -0.2) is 15.0 Å². The number of pyridine rings is 1. The number of aryl methyl sites for hydroxylation is 1. The summed E-state index contributed by atoms with van der Waals surface area (Å²) in [6, 6.07) is 12.5. The van der Waals surface area contributed by atoms with Crippen molar-refractivity contribution in [3.63, 3.8) is 0 Å². The van der Waals surface area contributed by atoms with Crippen LogP contribution in [0.4, 0.5) is 11.6 Å². The standard InChI is InChI=1S/C24H28N6O2/c25-23-19-7-9-30(24(19)28-14-27-23)18-12-17(21(32)13-18)4-2-15-1-3-16-5-6-22(26-8-10-31)29-20(16)11-15/h1,3,5-7,9,11,14,17-18,21,31-32H,2,4,8,10,12-13H2,(H,26,29)(H2,25,27,28)/t17-,18+,21-/m0/s1. The van der Waals surface area contributed by atoms with E-state index in [-0.39, 0.29) is 24.7 Å². The molecule has 5 rings (SSSR count). The van der Waals surface area contributed by atoms with Gasteiger partial charge in [0.1, 0.15) is 23.6 Å². The molecule has 0 saturated heterocycles. The van der Waals surface area contributed by atoms with Gasteiger partial charge in [-0.15, -0.1) is 0 Å². The number of anilines is 2. The van der Waals surface area contributed by atoms with E-state index < -0.39 is 0 Å². The van der Waals surface area contributed by atoms with Gasteiger partial charge in [-0.3, -0.25) is 0 Å². The number of aliphatic hydroxyl groups excluding tert-OH is 2. The molecular formula is C24H28N6O2. The first-order valence-electron chi connectivity index (χ1n) is 11.1. The van der Waals surface area contributed by atoms with Crippen LogP contribution in [0.25, 0.3) is 21.9 Å². The molecule has 0 spiro atoms. The highest BCUT2D eigenvalue weighted by atomic mass is 16.3. The molecule has 1 aliphatic rings. The van der Waals surface area contributed by atoms with E-state index in [1.54, 1.807) is 0 Å². The quantitative estimate of drug-likeness (QED) is 0.354. The first-order valence-corrected chi connectivity index (χ1v) is 11.1. The minimum Gasteiger partial charge on any atom is -0.395 e. The van der Waals surface area contributed by atoms with Crippen LogP contribution in [-0.4, -0.2) is 49.0 Å². The third kappa shape index (κ3) is 3.99. The lowest BCUT2D eigenvalue weighted by molar-refractivity contribution is 0.127. The molecule has 8 nitrogen and oxygen atoms in total. The minimum absolute atomic E-state index is 0.0730. The largest absolute Gasteiger partial charge is 0.395 e. The van der Waals surface area contributed by atoms with Gasteiger partial charge in [0.15, 0.2) is 0 Å². The molecule has 8 heteroatoms. The highest BCUT2D eigenvalue weighted by Crippen LogP contribution is 2.39. The van der Waals surface area contributed by atoms with Crippen LogP contribution >= 0.6 is 0 Å². The van der Waals surface area contributed by atoms with Gasteiger partial charge in [0, 0.05) is 24.2 Å². The number of nitrogens with two attached hydrogens (primary N) is 1. The molecule has 1 saturated carbocycles. The van der Waals surface area contributed by atoms with Crippen molar-refractivity contribution in [3.05, 3.63) is 54.5 Å². The fourth-order valence-electron chi connectivity index (χ4n) is 4.85. The monoisotopic (exact) mass is 432 g/mol. The average molecular weight is 433 g/mol. The number of nitrogens with zero attached hydrogens (tertiary/aromatic N) is 4. The van der Waals surface area contributed by atoms with Gasteiger partial charge in [-0.05, 0) is 61.4 Å². The molecule has 1 fully saturated rings. The Morgan fingerprint density at radius 3 is 2.88 bits per heavy atom. The molecule has 1 aromatic carbocycles. The number of rotatable bonds is 7. The van der Waals surface area contributed by atoms with E-state index in [1.807, 2.05) is 24.4 Å². The lowest BCUT2D eigenvalue weighted by Gasteiger charge is -2.15. The lowest BCUT2D eigenvalue weighted by Crippen LogP contribution is -2.13. The molecule has 3 aromatic heterocycles. The number of fused-ring (bicyclic) bond motifs is 2. The summed E-state index contributed by atoms with van der Waals surface area (Å²) in [7, 11) is 0. The van der Waals surface area contributed by atoms with Crippen LogP contribution < -0.4 is 11.1 Å². The van der Waals surface area contributed by atoms with E-state index in [0.717, 1.165) is 53.4 Å². The van der Waals surface area contributed by atoms with E-state index in [1.165, 1.54) is 11.9 Å². The fraction of sp³-hybridized carbons (Fsp3) is 0.375. The van der Waals surface area contributed by atoms with Crippen LogP contribution in [0.2, 0.25) is 0 Å². The van der Waals surface area contributed by atoms with E-state index in [9.17, 15) is 5.11 Å². The second-order valence-corrected chi connectivity index (χ2v) is 8.58. The van der Waals surface area contributed by atoms with Crippen molar-refractivity contribution in [3.8, 4) is 0 Å².